The summed E-state index contributed by atoms with van der Waals surface area (Å²) in [6.07, 6.45) is 1.81. The van der Waals surface area contributed by atoms with Crippen LogP contribution in [0.3, 0.4) is 0 Å². The van der Waals surface area contributed by atoms with Crippen molar-refractivity contribution in [1.29, 1.82) is 0 Å². The van der Waals surface area contributed by atoms with E-state index in [2.05, 4.69) is 20.2 Å². The summed E-state index contributed by atoms with van der Waals surface area (Å²) in [6, 6.07) is 7.28. The van der Waals surface area contributed by atoms with Crippen molar-refractivity contribution >= 4 is 49.1 Å². The molecule has 7 nitrogen and oxygen atoms in total. The number of nitrogens with zero attached hydrogens (tertiary/aromatic N) is 2. The molecule has 0 radical (unpaired) electrons. The second kappa shape index (κ2) is 7.03. The van der Waals surface area contributed by atoms with Crippen LogP contribution in [0.2, 0.25) is 5.02 Å². The first kappa shape index (κ1) is 16.7. The Bertz CT molecular complexity index is 776. The molecule has 1 aromatic carbocycles. The smallest absolute Gasteiger partial charge is 0.231 e. The lowest BCUT2D eigenvalue weighted by Gasteiger charge is -2.02. The lowest BCUT2D eigenvalue weighted by Crippen LogP contribution is -2.12. The fourth-order valence-corrected chi connectivity index (χ4v) is 3.31. The third kappa shape index (κ3) is 5.58. The summed E-state index contributed by atoms with van der Waals surface area (Å²) in [7, 11) is -3.41. The number of sulfonamides is 1. The van der Waals surface area contributed by atoms with Crippen LogP contribution in [0.25, 0.3) is 0 Å². The van der Waals surface area contributed by atoms with Crippen LogP contribution in [0.4, 0.5) is 10.3 Å². The first-order valence-corrected chi connectivity index (χ1v) is 9.26. The highest BCUT2D eigenvalue weighted by Crippen LogP contribution is 2.21. The zero-order chi connectivity index (χ0) is 16.2. The van der Waals surface area contributed by atoms with Gasteiger partial charge in [0.15, 0.2) is 0 Å². The van der Waals surface area contributed by atoms with Crippen molar-refractivity contribution in [3.8, 4) is 0 Å². The SMILES string of the molecule is CS(=O)(=O)Nc1nnc(NC(=O)CCc2cccc(Cl)c2)s1. The highest BCUT2D eigenvalue weighted by atomic mass is 35.5. The molecule has 0 saturated carbocycles. The molecule has 0 unspecified atom stereocenters. The highest BCUT2D eigenvalue weighted by molar-refractivity contribution is 7.92. The normalized spacial score (nSPS) is 11.2. The van der Waals surface area contributed by atoms with Gasteiger partial charge in [0.05, 0.1) is 6.26 Å². The van der Waals surface area contributed by atoms with E-state index in [1.807, 2.05) is 12.1 Å². The number of benzene rings is 1. The molecular formula is C12H13ClN4O3S2. The van der Waals surface area contributed by atoms with Crippen LogP contribution in [0.5, 0.6) is 0 Å². The lowest BCUT2D eigenvalue weighted by molar-refractivity contribution is -0.116. The maximum Gasteiger partial charge on any atom is 0.231 e. The van der Waals surface area contributed by atoms with E-state index in [0.717, 1.165) is 23.2 Å². The van der Waals surface area contributed by atoms with E-state index in [1.165, 1.54) is 0 Å². The molecule has 0 saturated heterocycles. The summed E-state index contributed by atoms with van der Waals surface area (Å²) in [4.78, 5) is 11.8. The van der Waals surface area contributed by atoms with Crippen LogP contribution in [-0.4, -0.2) is 30.8 Å². The molecule has 22 heavy (non-hydrogen) atoms. The number of carbonyl (C=O) groups is 1. The standard InChI is InChI=1S/C12H13ClN4O3S2/c1-22(19,20)17-12-16-15-11(21-12)14-10(18)6-5-8-3-2-4-9(13)7-8/h2-4,7H,5-6H2,1H3,(H,16,17)(H,14,15,18). The fourth-order valence-electron chi connectivity index (χ4n) is 1.61. The number of hydrogen-bond acceptors (Lipinski definition) is 6. The highest BCUT2D eigenvalue weighted by Gasteiger charge is 2.11. The molecule has 0 spiro atoms. The molecule has 2 N–H and O–H groups in total. The topological polar surface area (TPSA) is 101 Å². The van der Waals surface area contributed by atoms with Crippen molar-refractivity contribution in [2.24, 2.45) is 0 Å². The van der Waals surface area contributed by atoms with E-state index >= 15 is 0 Å². The summed E-state index contributed by atoms with van der Waals surface area (Å²) < 4.78 is 24.3. The second-order valence-corrected chi connectivity index (χ2v) is 7.63. The number of rotatable bonds is 6. The Balaban J connectivity index is 1.87. The monoisotopic (exact) mass is 360 g/mol. The molecular weight excluding hydrogens is 348 g/mol. The Kier molecular flexibility index (Phi) is 5.33. The second-order valence-electron chi connectivity index (χ2n) is 4.46. The van der Waals surface area contributed by atoms with Gasteiger partial charge in [-0.05, 0) is 24.1 Å². The van der Waals surface area contributed by atoms with Crippen molar-refractivity contribution in [3.05, 3.63) is 34.9 Å². The molecule has 0 bridgehead atoms. The van der Waals surface area contributed by atoms with Gasteiger partial charge in [0.1, 0.15) is 0 Å². The van der Waals surface area contributed by atoms with Crippen molar-refractivity contribution < 1.29 is 13.2 Å². The zero-order valence-corrected chi connectivity index (χ0v) is 13.9. The van der Waals surface area contributed by atoms with Crippen LogP contribution in [-0.2, 0) is 21.2 Å². The molecule has 118 valence electrons. The number of aromatic nitrogens is 2. The number of hydrogen-bond donors (Lipinski definition) is 2. The molecule has 1 heterocycles. The Labute approximate surface area is 136 Å². The van der Waals surface area contributed by atoms with E-state index in [-0.39, 0.29) is 22.6 Å². The van der Waals surface area contributed by atoms with Crippen LogP contribution in [0.1, 0.15) is 12.0 Å². The van der Waals surface area contributed by atoms with E-state index in [9.17, 15) is 13.2 Å². The molecule has 0 aliphatic heterocycles. The van der Waals surface area contributed by atoms with Crippen LogP contribution >= 0.6 is 22.9 Å². The number of amides is 1. The fraction of sp³-hybridized carbons (Fsp3) is 0.250. The molecule has 0 atom stereocenters. The first-order valence-electron chi connectivity index (χ1n) is 6.17. The first-order chi connectivity index (χ1) is 10.3. The molecule has 10 heteroatoms. The van der Waals surface area contributed by atoms with E-state index < -0.39 is 10.0 Å². The average molecular weight is 361 g/mol. The number of aryl methyl sites for hydroxylation is 1. The van der Waals surface area contributed by atoms with E-state index in [4.69, 9.17) is 11.6 Å². The molecule has 2 aromatic rings. The van der Waals surface area contributed by atoms with Gasteiger partial charge in [-0.25, -0.2) is 8.42 Å². The van der Waals surface area contributed by atoms with Gasteiger partial charge >= 0.3 is 0 Å². The van der Waals surface area contributed by atoms with Crippen molar-refractivity contribution in [2.75, 3.05) is 16.3 Å². The number of halogens is 1. The third-order valence-corrected chi connectivity index (χ3v) is 4.16. The minimum Gasteiger partial charge on any atom is -0.300 e. The van der Waals surface area contributed by atoms with Gasteiger partial charge in [-0.1, -0.05) is 35.1 Å². The van der Waals surface area contributed by atoms with Gasteiger partial charge < -0.3 is 5.32 Å². The number of nitrogens with one attached hydrogen (secondary N) is 2. The van der Waals surface area contributed by atoms with Crippen molar-refractivity contribution in [1.82, 2.24) is 10.2 Å². The minimum absolute atomic E-state index is 0.104. The van der Waals surface area contributed by atoms with E-state index in [1.54, 1.807) is 12.1 Å². The van der Waals surface area contributed by atoms with Crippen LogP contribution in [0.15, 0.2) is 24.3 Å². The lowest BCUT2D eigenvalue weighted by atomic mass is 10.1. The zero-order valence-electron chi connectivity index (χ0n) is 11.5. The van der Waals surface area contributed by atoms with Crippen molar-refractivity contribution in [2.45, 2.75) is 12.8 Å². The predicted molar refractivity (Wildman–Crippen MR) is 86.8 cm³/mol. The van der Waals surface area contributed by atoms with Gasteiger partial charge in [0.25, 0.3) is 0 Å². The van der Waals surface area contributed by atoms with Gasteiger partial charge in [-0.15, -0.1) is 10.2 Å². The number of carbonyl (C=O) groups excluding carboxylic acids is 1. The average Bonchev–Trinajstić information content (AvgIpc) is 2.81. The molecule has 0 fully saturated rings. The summed E-state index contributed by atoms with van der Waals surface area (Å²) >= 11 is 6.82. The Morgan fingerprint density at radius 3 is 2.73 bits per heavy atom. The summed E-state index contributed by atoms with van der Waals surface area (Å²) in [6.45, 7) is 0. The summed E-state index contributed by atoms with van der Waals surface area (Å²) in [5.41, 5.74) is 0.958. The van der Waals surface area contributed by atoms with E-state index in [0.29, 0.717) is 11.4 Å². The Morgan fingerprint density at radius 2 is 2.05 bits per heavy atom. The molecule has 1 amide bonds. The maximum absolute atomic E-state index is 11.8. The van der Waals surface area contributed by atoms with Crippen LogP contribution in [0, 0.1) is 0 Å². The van der Waals surface area contributed by atoms with Crippen molar-refractivity contribution in [3.63, 3.8) is 0 Å². The van der Waals surface area contributed by atoms with Gasteiger partial charge in [-0.2, -0.15) is 0 Å². The predicted octanol–water partition coefficient (Wildman–Crippen LogP) is 2.13. The quantitative estimate of drug-likeness (QED) is 0.821. The molecule has 2 rings (SSSR count). The summed E-state index contributed by atoms with van der Waals surface area (Å²) in [5.74, 6) is -0.234. The molecule has 0 aliphatic rings. The van der Waals surface area contributed by atoms with Gasteiger partial charge in [0.2, 0.25) is 26.2 Å². The largest absolute Gasteiger partial charge is 0.300 e. The Hall–Kier alpha value is -1.71. The van der Waals surface area contributed by atoms with Gasteiger partial charge in [-0.3, -0.25) is 9.52 Å². The summed E-state index contributed by atoms with van der Waals surface area (Å²) in [5, 5.41) is 10.9. The maximum atomic E-state index is 11.8. The minimum atomic E-state index is -3.41. The number of anilines is 2. The third-order valence-electron chi connectivity index (χ3n) is 2.47. The van der Waals surface area contributed by atoms with Crippen LogP contribution < -0.4 is 10.0 Å². The van der Waals surface area contributed by atoms with Gasteiger partial charge in [0, 0.05) is 11.4 Å². The molecule has 1 aromatic heterocycles. The molecule has 0 aliphatic carbocycles. The Morgan fingerprint density at radius 1 is 1.32 bits per heavy atom.